The van der Waals surface area contributed by atoms with E-state index < -0.39 is 0 Å². The van der Waals surface area contributed by atoms with Crippen LogP contribution in [0.25, 0.3) is 28.0 Å². The van der Waals surface area contributed by atoms with Crippen LogP contribution in [-0.2, 0) is 17.1 Å². The predicted octanol–water partition coefficient (Wildman–Crippen LogP) is 5.49. The van der Waals surface area contributed by atoms with Crippen LogP contribution in [0.1, 0.15) is 5.69 Å². The van der Waals surface area contributed by atoms with Crippen LogP contribution in [-0.4, -0.2) is 14.6 Å². The summed E-state index contributed by atoms with van der Waals surface area (Å²) >= 11 is 0. The van der Waals surface area contributed by atoms with Crippen molar-refractivity contribution in [2.75, 3.05) is 0 Å². The summed E-state index contributed by atoms with van der Waals surface area (Å²) in [7, 11) is 0. The van der Waals surface area contributed by atoms with Crippen molar-refractivity contribution in [3.05, 3.63) is 103 Å². The smallest absolute Gasteiger partial charge is 0.247 e. The molecule has 2 aromatic heterocycles. The minimum absolute atomic E-state index is 0. The maximum Gasteiger partial charge on any atom is 2.00 e. The Bertz CT molecular complexity index is 1060. The number of rotatable bonds is 2. The molecule has 2 heterocycles. The molecule has 0 aliphatic carbocycles. The van der Waals surface area contributed by atoms with E-state index in [0.29, 0.717) is 0 Å². The predicted molar refractivity (Wildman–Crippen MR) is 106 cm³/mol. The molecule has 0 unspecified atom stereocenters. The first-order valence-corrected chi connectivity index (χ1v) is 8.63. The van der Waals surface area contributed by atoms with E-state index in [2.05, 4.69) is 29.2 Å². The van der Waals surface area contributed by atoms with Crippen LogP contribution in [0.15, 0.2) is 97.2 Å². The third kappa shape index (κ3) is 3.92. The first-order valence-electron chi connectivity index (χ1n) is 8.63. The largest absolute Gasteiger partial charge is 2.00 e. The normalized spacial score (nSPS) is 10.1. The Hall–Kier alpha value is -2.94. The molecule has 134 valence electrons. The Morgan fingerprint density at radius 3 is 2.22 bits per heavy atom. The van der Waals surface area contributed by atoms with Crippen molar-refractivity contribution < 1.29 is 17.1 Å². The van der Waals surface area contributed by atoms with Gasteiger partial charge in [0.2, 0.25) is 0 Å². The van der Waals surface area contributed by atoms with Gasteiger partial charge in [-0.2, -0.15) is 35.4 Å². The fourth-order valence-corrected chi connectivity index (χ4v) is 3.08. The molecule has 3 aromatic carbocycles. The van der Waals surface area contributed by atoms with Crippen molar-refractivity contribution in [2.24, 2.45) is 0 Å². The third-order valence-corrected chi connectivity index (χ3v) is 4.27. The second-order valence-electron chi connectivity index (χ2n) is 6.03. The molecule has 0 N–H and O–H groups in total. The molecule has 0 spiro atoms. The summed E-state index contributed by atoms with van der Waals surface area (Å²) < 4.78 is 1.94. The van der Waals surface area contributed by atoms with E-state index in [1.807, 2.05) is 84.4 Å². The maximum absolute atomic E-state index is 4.70. The van der Waals surface area contributed by atoms with Gasteiger partial charge in [0.05, 0.1) is 5.69 Å². The van der Waals surface area contributed by atoms with Gasteiger partial charge in [0.25, 0.3) is 0 Å². The van der Waals surface area contributed by atoms with Crippen molar-refractivity contribution >= 4 is 5.65 Å². The topological polar surface area (TPSA) is 30.2 Å². The van der Waals surface area contributed by atoms with Gasteiger partial charge in [-0.25, -0.2) is 21.6 Å². The van der Waals surface area contributed by atoms with E-state index in [4.69, 9.17) is 5.10 Å². The minimum Gasteiger partial charge on any atom is -0.247 e. The molecular weight excluding hydrogens is 374 g/mol. The van der Waals surface area contributed by atoms with Crippen molar-refractivity contribution in [3.63, 3.8) is 0 Å². The van der Waals surface area contributed by atoms with E-state index >= 15 is 0 Å². The Labute approximate surface area is 169 Å². The summed E-state index contributed by atoms with van der Waals surface area (Å²) in [5.74, 6) is 0. The number of fused-ring (bicyclic) bond motifs is 1. The molecule has 0 saturated heterocycles. The van der Waals surface area contributed by atoms with Crippen molar-refractivity contribution in [1.29, 1.82) is 0 Å². The summed E-state index contributed by atoms with van der Waals surface area (Å²) in [5, 5.41) is 4.70. The maximum atomic E-state index is 4.70. The summed E-state index contributed by atoms with van der Waals surface area (Å²) in [4.78, 5) is 4.55. The van der Waals surface area contributed by atoms with Crippen LogP contribution in [0.2, 0.25) is 0 Å². The van der Waals surface area contributed by atoms with Gasteiger partial charge in [-0.05, 0) is 24.4 Å². The van der Waals surface area contributed by atoms with E-state index in [1.54, 1.807) is 0 Å². The number of aromatic nitrogens is 3. The van der Waals surface area contributed by atoms with Crippen molar-refractivity contribution in [3.8, 4) is 22.4 Å². The summed E-state index contributed by atoms with van der Waals surface area (Å²) in [6, 6.07) is 30.6. The average Bonchev–Trinajstić information content (AvgIpc) is 3.44. The van der Waals surface area contributed by atoms with Crippen LogP contribution < -0.4 is 0 Å². The van der Waals surface area contributed by atoms with Gasteiger partial charge in [0, 0.05) is 5.56 Å². The molecule has 0 saturated carbocycles. The minimum atomic E-state index is 0. The third-order valence-electron chi connectivity index (χ3n) is 4.27. The molecule has 0 bridgehead atoms. The molecule has 0 radical (unpaired) electrons. The molecule has 0 amide bonds. The van der Waals surface area contributed by atoms with Crippen LogP contribution >= 0.6 is 0 Å². The molecular formula is C23H19FeN3. The molecule has 0 atom stereocenters. The van der Waals surface area contributed by atoms with Gasteiger partial charge in [0.15, 0.2) is 5.65 Å². The zero-order valence-corrected chi connectivity index (χ0v) is 16.0. The average molecular weight is 393 g/mol. The number of benzene rings is 1. The number of aryl methyl sites for hydroxylation is 1. The van der Waals surface area contributed by atoms with Gasteiger partial charge < -0.3 is 0 Å². The summed E-state index contributed by atoms with van der Waals surface area (Å²) in [6.07, 6.45) is 1.85. The molecule has 0 aliphatic rings. The zero-order valence-electron chi connectivity index (χ0n) is 14.9. The fraction of sp³-hybridized carbons (Fsp3) is 0.0435. The van der Waals surface area contributed by atoms with Crippen LogP contribution in [0.4, 0.5) is 0 Å². The molecule has 3 nitrogen and oxygen atoms in total. The van der Waals surface area contributed by atoms with Gasteiger partial charge in [0.1, 0.15) is 0 Å². The Kier molecular flexibility index (Phi) is 6.02. The molecule has 0 aliphatic heterocycles. The van der Waals surface area contributed by atoms with Gasteiger partial charge in [-0.3, -0.25) is 0 Å². The monoisotopic (exact) mass is 393 g/mol. The zero-order chi connectivity index (χ0) is 17.8. The first kappa shape index (κ1) is 18.8. The van der Waals surface area contributed by atoms with Crippen LogP contribution in [0.3, 0.4) is 0 Å². The number of hydrogen-bond donors (Lipinski definition) is 0. The molecule has 27 heavy (non-hydrogen) atoms. The number of nitrogens with zero attached hydrogens (tertiary/aromatic N) is 3. The quantitative estimate of drug-likeness (QED) is 0.293. The second kappa shape index (κ2) is 8.63. The van der Waals surface area contributed by atoms with E-state index in [1.165, 1.54) is 0 Å². The second-order valence-corrected chi connectivity index (χ2v) is 6.03. The Morgan fingerprint density at radius 2 is 1.59 bits per heavy atom. The fourth-order valence-electron chi connectivity index (χ4n) is 3.08. The standard InChI is InChI=1S/C18H14N3.C5H5.Fe/c1-13-17(15-9-3-2-4-10-15)18-19-12-11-16(21(18)20-13)14-7-5-6-8-14;1-2-4-5-3-1;/h2-12H,1H3;1-5H;/q2*-1;+2. The van der Waals surface area contributed by atoms with Crippen LogP contribution in [0.5, 0.6) is 0 Å². The van der Waals surface area contributed by atoms with Gasteiger partial charge in [-0.1, -0.05) is 42.0 Å². The van der Waals surface area contributed by atoms with Crippen molar-refractivity contribution in [1.82, 2.24) is 14.6 Å². The summed E-state index contributed by atoms with van der Waals surface area (Å²) in [5.41, 5.74) is 6.37. The summed E-state index contributed by atoms with van der Waals surface area (Å²) in [6.45, 7) is 2.03. The van der Waals surface area contributed by atoms with Crippen LogP contribution in [0, 0.1) is 6.92 Å². The van der Waals surface area contributed by atoms with E-state index in [0.717, 1.165) is 33.7 Å². The molecule has 5 rings (SSSR count). The first-order chi connectivity index (χ1) is 12.8. The van der Waals surface area contributed by atoms with E-state index in [-0.39, 0.29) is 17.1 Å². The van der Waals surface area contributed by atoms with Gasteiger partial charge in [-0.15, -0.1) is 12.1 Å². The van der Waals surface area contributed by atoms with E-state index in [9.17, 15) is 0 Å². The Balaban J connectivity index is 0.000000306. The number of hydrogen-bond acceptors (Lipinski definition) is 2. The molecule has 4 heteroatoms. The van der Waals surface area contributed by atoms with Crippen molar-refractivity contribution in [2.45, 2.75) is 6.92 Å². The van der Waals surface area contributed by atoms with Gasteiger partial charge >= 0.3 is 17.1 Å². The SMILES string of the molecule is Cc1nn2c(-[c-]3cccc3)ccnc2c1-c1ccccc1.[Fe+2].c1cc[cH-]c1. The molecule has 0 fully saturated rings. The Morgan fingerprint density at radius 1 is 0.889 bits per heavy atom. The molecule has 5 aromatic rings.